The topological polar surface area (TPSA) is 118 Å². The zero-order chi connectivity index (χ0) is 21.8. The van der Waals surface area contributed by atoms with Crippen molar-refractivity contribution in [3.05, 3.63) is 77.1 Å². The van der Waals surface area contributed by atoms with Crippen molar-refractivity contribution < 1.29 is 9.84 Å². The van der Waals surface area contributed by atoms with E-state index in [0.29, 0.717) is 28.3 Å². The van der Waals surface area contributed by atoms with Crippen molar-refractivity contribution in [2.45, 2.75) is 13.0 Å². The number of aromatic nitrogens is 3. The second-order valence-electron chi connectivity index (χ2n) is 6.82. The molecule has 154 valence electrons. The summed E-state index contributed by atoms with van der Waals surface area (Å²) in [5.41, 5.74) is 9.51. The van der Waals surface area contributed by atoms with E-state index in [4.69, 9.17) is 10.5 Å². The molecule has 0 saturated heterocycles. The van der Waals surface area contributed by atoms with Gasteiger partial charge < -0.3 is 15.6 Å². The Labute approximate surface area is 183 Å². The normalized spacial score (nSPS) is 11.7. The zero-order valence-corrected chi connectivity index (χ0v) is 17.5. The van der Waals surface area contributed by atoms with Gasteiger partial charge in [0.1, 0.15) is 22.2 Å². The summed E-state index contributed by atoms with van der Waals surface area (Å²) < 4.78 is 6.20. The molecule has 0 bridgehead atoms. The Morgan fingerprint density at radius 2 is 2.03 bits per heavy atom. The van der Waals surface area contributed by atoms with Gasteiger partial charge in [0.2, 0.25) is 0 Å². The highest BCUT2D eigenvalue weighted by Crippen LogP contribution is 2.35. The molecule has 3 N–H and O–H groups in total. The Bertz CT molecular complexity index is 1230. The first-order valence-corrected chi connectivity index (χ1v) is 10.4. The SMILES string of the molecule is Cc1cc(Oc2cc(C#N)ccc2-c2ccc([C@H](O)CN)cn2)cc(-c2nccs2)n1. The number of pyridine rings is 2. The Kier molecular flexibility index (Phi) is 6.00. The number of aliphatic hydroxyl groups is 1. The summed E-state index contributed by atoms with van der Waals surface area (Å²) in [6.07, 6.45) is 2.56. The standard InChI is InChI=1S/C23H19N5O2S/c1-14-8-17(10-20(28-14)23-26-6-7-31-23)30-22-9-15(11-24)2-4-18(22)19-5-3-16(13-27-19)21(29)12-25/h2-10,13,21,29H,12,25H2,1H3/t21-/m1/s1. The van der Waals surface area contributed by atoms with Gasteiger partial charge in [-0.05, 0) is 31.2 Å². The molecule has 0 unspecified atom stereocenters. The number of aryl methyl sites for hydroxylation is 1. The van der Waals surface area contributed by atoms with Crippen LogP contribution in [0.2, 0.25) is 0 Å². The fourth-order valence-corrected chi connectivity index (χ4v) is 3.67. The average molecular weight is 430 g/mol. The number of hydrogen-bond acceptors (Lipinski definition) is 8. The summed E-state index contributed by atoms with van der Waals surface area (Å²) in [5.74, 6) is 1.08. The number of aliphatic hydroxyl groups excluding tert-OH is 1. The van der Waals surface area contributed by atoms with Crippen LogP contribution in [0.15, 0.2) is 60.2 Å². The Morgan fingerprint density at radius 3 is 2.71 bits per heavy atom. The molecule has 7 nitrogen and oxygen atoms in total. The van der Waals surface area contributed by atoms with E-state index in [1.165, 1.54) is 11.3 Å². The minimum Gasteiger partial charge on any atom is -0.456 e. The minimum absolute atomic E-state index is 0.120. The predicted molar refractivity (Wildman–Crippen MR) is 119 cm³/mol. The molecule has 0 aliphatic heterocycles. The summed E-state index contributed by atoms with van der Waals surface area (Å²) in [7, 11) is 0. The van der Waals surface area contributed by atoms with E-state index in [-0.39, 0.29) is 6.54 Å². The maximum atomic E-state index is 9.90. The third kappa shape index (κ3) is 4.59. The molecule has 0 aliphatic carbocycles. The van der Waals surface area contributed by atoms with Gasteiger partial charge in [0.25, 0.3) is 0 Å². The van der Waals surface area contributed by atoms with Gasteiger partial charge in [0, 0.05) is 53.3 Å². The maximum absolute atomic E-state index is 9.90. The number of ether oxygens (including phenoxy) is 1. The lowest BCUT2D eigenvalue weighted by Crippen LogP contribution is -2.11. The Balaban J connectivity index is 1.73. The average Bonchev–Trinajstić information content (AvgIpc) is 3.33. The highest BCUT2D eigenvalue weighted by atomic mass is 32.1. The maximum Gasteiger partial charge on any atom is 0.141 e. The molecule has 8 heteroatoms. The fraction of sp³-hybridized carbons (Fsp3) is 0.130. The molecule has 4 aromatic rings. The van der Waals surface area contributed by atoms with Crippen molar-refractivity contribution >= 4 is 11.3 Å². The van der Waals surface area contributed by atoms with Gasteiger partial charge in [-0.25, -0.2) is 4.98 Å². The molecule has 0 aliphatic rings. The van der Waals surface area contributed by atoms with E-state index < -0.39 is 6.10 Å². The largest absolute Gasteiger partial charge is 0.456 e. The molecule has 4 rings (SSSR count). The third-order valence-corrected chi connectivity index (χ3v) is 5.38. The number of nitriles is 1. The molecular weight excluding hydrogens is 410 g/mol. The van der Waals surface area contributed by atoms with Crippen molar-refractivity contribution in [3.8, 4) is 39.5 Å². The summed E-state index contributed by atoms with van der Waals surface area (Å²) in [6.45, 7) is 2.01. The zero-order valence-electron chi connectivity index (χ0n) is 16.7. The van der Waals surface area contributed by atoms with Crippen molar-refractivity contribution in [1.82, 2.24) is 15.0 Å². The van der Waals surface area contributed by atoms with Crippen molar-refractivity contribution in [3.63, 3.8) is 0 Å². The highest BCUT2D eigenvalue weighted by Gasteiger charge is 2.14. The van der Waals surface area contributed by atoms with Crippen molar-refractivity contribution in [1.29, 1.82) is 5.26 Å². The lowest BCUT2D eigenvalue weighted by atomic mass is 10.1. The van der Waals surface area contributed by atoms with Gasteiger partial charge in [-0.15, -0.1) is 11.3 Å². The first-order chi connectivity index (χ1) is 15.1. The van der Waals surface area contributed by atoms with Crippen LogP contribution >= 0.6 is 11.3 Å². The van der Waals surface area contributed by atoms with Gasteiger partial charge in [0.05, 0.1) is 23.4 Å². The molecule has 1 atom stereocenters. The van der Waals surface area contributed by atoms with Crippen molar-refractivity contribution in [2.75, 3.05) is 6.54 Å². The van der Waals surface area contributed by atoms with Crippen LogP contribution in [-0.4, -0.2) is 26.6 Å². The smallest absolute Gasteiger partial charge is 0.141 e. The summed E-state index contributed by atoms with van der Waals surface area (Å²) in [5, 5.41) is 21.9. The van der Waals surface area contributed by atoms with E-state index in [2.05, 4.69) is 21.0 Å². The van der Waals surface area contributed by atoms with Crippen LogP contribution in [0.3, 0.4) is 0 Å². The van der Waals surface area contributed by atoms with Crippen LogP contribution in [0.1, 0.15) is 22.9 Å². The summed E-state index contributed by atoms with van der Waals surface area (Å²) in [4.78, 5) is 13.3. The molecule has 0 amide bonds. The molecule has 0 spiro atoms. The number of rotatable bonds is 6. The number of nitrogens with two attached hydrogens (primary N) is 1. The van der Waals surface area contributed by atoms with Crippen LogP contribution in [0.5, 0.6) is 11.5 Å². The molecule has 31 heavy (non-hydrogen) atoms. The number of hydrogen-bond donors (Lipinski definition) is 2. The number of thiazole rings is 1. The summed E-state index contributed by atoms with van der Waals surface area (Å²) >= 11 is 1.50. The summed E-state index contributed by atoms with van der Waals surface area (Å²) in [6, 6.07) is 14.5. The molecule has 3 heterocycles. The van der Waals surface area contributed by atoms with E-state index in [1.807, 2.05) is 24.4 Å². The van der Waals surface area contributed by atoms with Crippen LogP contribution < -0.4 is 10.5 Å². The number of benzene rings is 1. The van der Waals surface area contributed by atoms with Gasteiger partial charge in [-0.2, -0.15) is 5.26 Å². The van der Waals surface area contributed by atoms with Crippen molar-refractivity contribution in [2.24, 2.45) is 5.73 Å². The molecule has 3 aromatic heterocycles. The first-order valence-electron chi connectivity index (χ1n) is 9.52. The second-order valence-corrected chi connectivity index (χ2v) is 7.71. The van der Waals surface area contributed by atoms with E-state index in [1.54, 1.807) is 42.7 Å². The van der Waals surface area contributed by atoms with E-state index >= 15 is 0 Å². The molecular formula is C23H19N5O2S. The fourth-order valence-electron chi connectivity index (χ4n) is 3.07. The third-order valence-electron chi connectivity index (χ3n) is 4.59. The van der Waals surface area contributed by atoms with Gasteiger partial charge >= 0.3 is 0 Å². The first kappa shape index (κ1) is 20.6. The van der Waals surface area contributed by atoms with E-state index in [9.17, 15) is 10.4 Å². The molecule has 0 fully saturated rings. The van der Waals surface area contributed by atoms with Crippen LogP contribution in [0.4, 0.5) is 0 Å². The quantitative estimate of drug-likeness (QED) is 0.471. The molecule has 1 aromatic carbocycles. The monoisotopic (exact) mass is 429 g/mol. The van der Waals surface area contributed by atoms with Gasteiger partial charge in [-0.1, -0.05) is 6.07 Å². The molecule has 0 radical (unpaired) electrons. The van der Waals surface area contributed by atoms with Crippen LogP contribution in [0.25, 0.3) is 22.0 Å². The predicted octanol–water partition coefficient (Wildman–Crippen LogP) is 4.23. The molecule has 0 saturated carbocycles. The van der Waals surface area contributed by atoms with Gasteiger partial charge in [-0.3, -0.25) is 9.97 Å². The lowest BCUT2D eigenvalue weighted by molar-refractivity contribution is 0.186. The highest BCUT2D eigenvalue weighted by molar-refractivity contribution is 7.13. The lowest BCUT2D eigenvalue weighted by Gasteiger charge is -2.13. The van der Waals surface area contributed by atoms with E-state index in [0.717, 1.165) is 22.0 Å². The number of nitrogens with zero attached hydrogens (tertiary/aromatic N) is 4. The second kappa shape index (κ2) is 9.02. The van der Waals surface area contributed by atoms with Gasteiger partial charge in [0.15, 0.2) is 0 Å². The van der Waals surface area contributed by atoms with Crippen LogP contribution in [0, 0.1) is 18.3 Å². The minimum atomic E-state index is -0.762. The van der Waals surface area contributed by atoms with Crippen LogP contribution in [-0.2, 0) is 0 Å². The Morgan fingerprint density at radius 1 is 1.16 bits per heavy atom. The Hall–Kier alpha value is -3.64.